The first-order chi connectivity index (χ1) is 4.33. The summed E-state index contributed by atoms with van der Waals surface area (Å²) in [5.74, 6) is 0. The first-order valence-corrected chi connectivity index (χ1v) is 2.91. The minimum Gasteiger partial charge on any atom is -0.454 e. The Labute approximate surface area is 53.0 Å². The molecule has 1 aliphatic rings. The molecule has 1 fully saturated rings. The van der Waals surface area contributed by atoms with Gasteiger partial charge in [0.15, 0.2) is 11.9 Å². The minimum atomic E-state index is -0.734. The summed E-state index contributed by atoms with van der Waals surface area (Å²) in [6.45, 7) is 0.341. The summed E-state index contributed by atoms with van der Waals surface area (Å²) < 4.78 is 4.57. The number of carbonyl (C=O) groups excluding carboxylic acids is 2. The standard InChI is InChI=1S/C6H8O3/c7-4-6(9-5-8)2-1-3-6/h4-5H,1-3H2. The Morgan fingerprint density at radius 2 is 2.00 bits per heavy atom. The van der Waals surface area contributed by atoms with Gasteiger partial charge in [0.1, 0.15) is 0 Å². The fraction of sp³-hybridized carbons (Fsp3) is 0.667. The average Bonchev–Trinajstić information content (AvgIpc) is 1.79. The lowest BCUT2D eigenvalue weighted by molar-refractivity contribution is -0.158. The molecule has 1 aliphatic carbocycles. The van der Waals surface area contributed by atoms with Crippen LogP contribution in [0, 0.1) is 0 Å². The van der Waals surface area contributed by atoms with E-state index in [0.717, 1.165) is 6.42 Å². The molecule has 1 rings (SSSR count). The summed E-state index contributed by atoms with van der Waals surface area (Å²) in [6.07, 6.45) is 3.07. The molecule has 1 saturated carbocycles. The Morgan fingerprint density at radius 1 is 1.33 bits per heavy atom. The van der Waals surface area contributed by atoms with Crippen LogP contribution in [-0.4, -0.2) is 18.4 Å². The van der Waals surface area contributed by atoms with Crippen LogP contribution in [0.15, 0.2) is 0 Å². The van der Waals surface area contributed by atoms with Crippen LogP contribution in [0.2, 0.25) is 0 Å². The lowest BCUT2D eigenvalue weighted by Gasteiger charge is -2.33. The molecule has 0 heterocycles. The lowest BCUT2D eigenvalue weighted by atomic mass is 9.81. The molecule has 9 heavy (non-hydrogen) atoms. The smallest absolute Gasteiger partial charge is 0.294 e. The maximum Gasteiger partial charge on any atom is 0.294 e. The Balaban J connectivity index is 2.45. The Morgan fingerprint density at radius 3 is 2.11 bits per heavy atom. The predicted octanol–water partition coefficient (Wildman–Crippen LogP) is 0.281. The van der Waals surface area contributed by atoms with Crippen LogP contribution in [0.25, 0.3) is 0 Å². The predicted molar refractivity (Wildman–Crippen MR) is 29.8 cm³/mol. The van der Waals surface area contributed by atoms with Gasteiger partial charge >= 0.3 is 0 Å². The van der Waals surface area contributed by atoms with Crippen LogP contribution in [0.5, 0.6) is 0 Å². The second kappa shape index (κ2) is 2.17. The van der Waals surface area contributed by atoms with Crippen molar-refractivity contribution in [3.8, 4) is 0 Å². The minimum absolute atomic E-state index is 0.341. The molecule has 0 unspecified atom stereocenters. The van der Waals surface area contributed by atoms with Crippen LogP contribution in [0.1, 0.15) is 19.3 Å². The summed E-state index contributed by atoms with van der Waals surface area (Å²) in [6, 6.07) is 0. The lowest BCUT2D eigenvalue weighted by Crippen LogP contribution is -2.41. The average molecular weight is 128 g/mol. The largest absolute Gasteiger partial charge is 0.454 e. The fourth-order valence-corrected chi connectivity index (χ4v) is 0.885. The fourth-order valence-electron chi connectivity index (χ4n) is 0.885. The summed E-state index contributed by atoms with van der Waals surface area (Å²) in [7, 11) is 0. The normalized spacial score (nSPS) is 21.8. The van der Waals surface area contributed by atoms with Crippen molar-refractivity contribution in [3.63, 3.8) is 0 Å². The highest BCUT2D eigenvalue weighted by molar-refractivity contribution is 5.66. The van der Waals surface area contributed by atoms with Gasteiger partial charge in [-0.3, -0.25) is 9.59 Å². The molecule has 3 nitrogen and oxygen atoms in total. The third kappa shape index (κ3) is 0.943. The van der Waals surface area contributed by atoms with Gasteiger partial charge in [0.25, 0.3) is 6.47 Å². The molecular formula is C6H8O3. The summed E-state index contributed by atoms with van der Waals surface area (Å²) in [5, 5.41) is 0. The quantitative estimate of drug-likeness (QED) is 0.513. The number of carbonyl (C=O) groups is 2. The highest BCUT2D eigenvalue weighted by atomic mass is 16.5. The van der Waals surface area contributed by atoms with E-state index in [1.165, 1.54) is 0 Å². The number of hydrogen-bond acceptors (Lipinski definition) is 3. The third-order valence-electron chi connectivity index (χ3n) is 1.70. The van der Waals surface area contributed by atoms with Crippen molar-refractivity contribution in [2.75, 3.05) is 0 Å². The van der Waals surface area contributed by atoms with Crippen LogP contribution in [0.4, 0.5) is 0 Å². The molecule has 0 aromatic carbocycles. The molecule has 0 aliphatic heterocycles. The van der Waals surface area contributed by atoms with Crippen LogP contribution in [0.3, 0.4) is 0 Å². The summed E-state index contributed by atoms with van der Waals surface area (Å²) in [4.78, 5) is 20.0. The Hall–Kier alpha value is -0.860. The van der Waals surface area contributed by atoms with Crippen LogP contribution < -0.4 is 0 Å². The topological polar surface area (TPSA) is 43.4 Å². The maximum absolute atomic E-state index is 10.2. The van der Waals surface area contributed by atoms with Gasteiger partial charge in [0.2, 0.25) is 0 Å². The number of ether oxygens (including phenoxy) is 1. The SMILES string of the molecule is O=COC1(C=O)CCC1. The van der Waals surface area contributed by atoms with E-state index in [9.17, 15) is 9.59 Å². The first-order valence-electron chi connectivity index (χ1n) is 2.91. The molecule has 0 saturated heterocycles. The third-order valence-corrected chi connectivity index (χ3v) is 1.70. The van der Waals surface area contributed by atoms with Gasteiger partial charge in [0.05, 0.1) is 0 Å². The zero-order valence-corrected chi connectivity index (χ0v) is 5.00. The van der Waals surface area contributed by atoms with Crippen molar-refractivity contribution in [2.45, 2.75) is 24.9 Å². The van der Waals surface area contributed by atoms with E-state index in [4.69, 9.17) is 0 Å². The van der Waals surface area contributed by atoms with Crippen LogP contribution in [-0.2, 0) is 14.3 Å². The van der Waals surface area contributed by atoms with Gasteiger partial charge in [-0.1, -0.05) is 0 Å². The van der Waals surface area contributed by atoms with E-state index in [0.29, 0.717) is 25.6 Å². The molecular weight excluding hydrogens is 120 g/mol. The van der Waals surface area contributed by atoms with Gasteiger partial charge in [-0.2, -0.15) is 0 Å². The number of hydrogen-bond donors (Lipinski definition) is 0. The maximum atomic E-state index is 10.2. The molecule has 0 aromatic rings. The summed E-state index contributed by atoms with van der Waals surface area (Å²) in [5.41, 5.74) is -0.734. The molecule has 0 spiro atoms. The van der Waals surface area contributed by atoms with E-state index < -0.39 is 5.60 Å². The van der Waals surface area contributed by atoms with E-state index >= 15 is 0 Å². The van der Waals surface area contributed by atoms with Crippen LogP contribution >= 0.6 is 0 Å². The number of aldehydes is 1. The molecule has 0 N–H and O–H groups in total. The van der Waals surface area contributed by atoms with E-state index in [1.54, 1.807) is 0 Å². The van der Waals surface area contributed by atoms with Crippen molar-refractivity contribution in [3.05, 3.63) is 0 Å². The van der Waals surface area contributed by atoms with E-state index in [1.807, 2.05) is 0 Å². The second-order valence-corrected chi connectivity index (χ2v) is 2.25. The zero-order valence-electron chi connectivity index (χ0n) is 5.00. The second-order valence-electron chi connectivity index (χ2n) is 2.25. The molecule has 50 valence electrons. The van der Waals surface area contributed by atoms with Gasteiger partial charge in [-0.25, -0.2) is 0 Å². The first kappa shape index (κ1) is 6.26. The molecule has 3 heteroatoms. The Bertz CT molecular complexity index is 126. The van der Waals surface area contributed by atoms with E-state index in [-0.39, 0.29) is 0 Å². The number of rotatable bonds is 3. The van der Waals surface area contributed by atoms with Gasteiger partial charge < -0.3 is 4.74 Å². The summed E-state index contributed by atoms with van der Waals surface area (Å²) >= 11 is 0. The zero-order chi connectivity index (χ0) is 6.74. The van der Waals surface area contributed by atoms with E-state index in [2.05, 4.69) is 4.74 Å². The van der Waals surface area contributed by atoms with Gasteiger partial charge in [-0.05, 0) is 19.3 Å². The van der Waals surface area contributed by atoms with Gasteiger partial charge in [-0.15, -0.1) is 0 Å². The highest BCUT2D eigenvalue weighted by Crippen LogP contribution is 2.32. The molecule has 0 bridgehead atoms. The molecule has 0 atom stereocenters. The van der Waals surface area contributed by atoms with Crippen molar-refractivity contribution in [2.24, 2.45) is 0 Å². The molecule has 0 radical (unpaired) electrons. The molecule has 0 aromatic heterocycles. The van der Waals surface area contributed by atoms with Crippen molar-refractivity contribution < 1.29 is 14.3 Å². The highest BCUT2D eigenvalue weighted by Gasteiger charge is 2.38. The van der Waals surface area contributed by atoms with Crippen molar-refractivity contribution in [1.82, 2.24) is 0 Å². The van der Waals surface area contributed by atoms with Crippen molar-refractivity contribution in [1.29, 1.82) is 0 Å². The Kier molecular flexibility index (Phi) is 1.51. The monoisotopic (exact) mass is 128 g/mol. The van der Waals surface area contributed by atoms with Gasteiger partial charge in [0, 0.05) is 0 Å². The molecule has 0 amide bonds. The van der Waals surface area contributed by atoms with Crippen molar-refractivity contribution >= 4 is 12.8 Å².